The van der Waals surface area contributed by atoms with Gasteiger partial charge in [0.05, 0.1) is 11.8 Å². The van der Waals surface area contributed by atoms with Gasteiger partial charge in [0.15, 0.2) is 0 Å². The van der Waals surface area contributed by atoms with Crippen molar-refractivity contribution in [3.63, 3.8) is 0 Å². The lowest BCUT2D eigenvalue weighted by Gasteiger charge is -2.10. The normalized spacial score (nSPS) is 10.7. The average molecular weight is 281 g/mol. The fraction of sp³-hybridized carbons (Fsp3) is 0.600. The van der Waals surface area contributed by atoms with Gasteiger partial charge in [0, 0.05) is 13.1 Å². The predicted octanol–water partition coefficient (Wildman–Crippen LogP) is 3.21. The molecule has 0 atom stereocenters. The van der Waals surface area contributed by atoms with E-state index in [1.54, 1.807) is 0 Å². The maximum atomic E-state index is 13.2. The van der Waals surface area contributed by atoms with Crippen molar-refractivity contribution < 1.29 is 9.18 Å². The molecule has 0 aromatic carbocycles. The van der Waals surface area contributed by atoms with Gasteiger partial charge in [-0.05, 0) is 25.3 Å². The number of nitrogens with one attached hydrogen (secondary N) is 2. The summed E-state index contributed by atoms with van der Waals surface area (Å²) < 4.78 is 13.2. The van der Waals surface area contributed by atoms with E-state index < -0.39 is 5.82 Å². The van der Waals surface area contributed by atoms with Gasteiger partial charge in [0.2, 0.25) is 0 Å². The van der Waals surface area contributed by atoms with Gasteiger partial charge in [-0.2, -0.15) is 0 Å². The highest BCUT2D eigenvalue weighted by atomic mass is 19.1. The number of hydrogen-bond acceptors (Lipinski definition) is 3. The number of amides is 1. The largest absolute Gasteiger partial charge is 0.370 e. The van der Waals surface area contributed by atoms with Crippen LogP contribution in [0, 0.1) is 11.7 Å². The van der Waals surface area contributed by atoms with Crippen molar-refractivity contribution in [2.45, 2.75) is 40.0 Å². The highest BCUT2D eigenvalue weighted by Gasteiger charge is 2.13. The van der Waals surface area contributed by atoms with Crippen LogP contribution in [0.4, 0.5) is 10.2 Å². The Morgan fingerprint density at radius 2 is 2.15 bits per heavy atom. The van der Waals surface area contributed by atoms with Crippen LogP contribution >= 0.6 is 0 Å². The first kappa shape index (κ1) is 16.4. The zero-order valence-electron chi connectivity index (χ0n) is 12.5. The Balaban J connectivity index is 2.52. The summed E-state index contributed by atoms with van der Waals surface area (Å²) in [5.74, 6) is 0.321. The van der Waals surface area contributed by atoms with E-state index in [0.29, 0.717) is 24.8 Å². The molecule has 2 N–H and O–H groups in total. The minimum Gasteiger partial charge on any atom is -0.370 e. The highest BCUT2D eigenvalue weighted by Crippen LogP contribution is 2.13. The quantitative estimate of drug-likeness (QED) is 0.719. The predicted molar refractivity (Wildman–Crippen MR) is 79.4 cm³/mol. The van der Waals surface area contributed by atoms with Gasteiger partial charge in [-0.3, -0.25) is 4.79 Å². The van der Waals surface area contributed by atoms with Crippen LogP contribution in [-0.2, 0) is 0 Å². The van der Waals surface area contributed by atoms with Crippen LogP contribution in [0.15, 0.2) is 12.3 Å². The lowest BCUT2D eigenvalue weighted by molar-refractivity contribution is 0.0953. The molecule has 0 spiro atoms. The van der Waals surface area contributed by atoms with Gasteiger partial charge >= 0.3 is 0 Å². The molecule has 1 rings (SSSR count). The van der Waals surface area contributed by atoms with Crippen LogP contribution in [0.3, 0.4) is 0 Å². The van der Waals surface area contributed by atoms with E-state index in [0.717, 1.165) is 25.5 Å². The summed E-state index contributed by atoms with van der Waals surface area (Å²) in [7, 11) is 0. The maximum Gasteiger partial charge on any atom is 0.255 e. The lowest BCUT2D eigenvalue weighted by atomic mass is 10.1. The van der Waals surface area contributed by atoms with Gasteiger partial charge in [0.25, 0.3) is 5.91 Å². The van der Waals surface area contributed by atoms with Crippen molar-refractivity contribution in [2.24, 2.45) is 5.92 Å². The number of rotatable bonds is 8. The van der Waals surface area contributed by atoms with Gasteiger partial charge in [-0.15, -0.1) is 0 Å². The molecule has 0 aliphatic heterocycles. The summed E-state index contributed by atoms with van der Waals surface area (Å²) in [4.78, 5) is 15.9. The number of unbranched alkanes of at least 4 members (excludes halogenated alkanes) is 1. The van der Waals surface area contributed by atoms with E-state index in [4.69, 9.17) is 0 Å². The molecule has 0 aliphatic carbocycles. The summed E-state index contributed by atoms with van der Waals surface area (Å²) in [5.41, 5.74) is 0.260. The number of aromatic nitrogens is 1. The second-order valence-electron chi connectivity index (χ2n) is 5.23. The molecular weight excluding hydrogens is 257 g/mol. The molecule has 0 fully saturated rings. The summed E-state index contributed by atoms with van der Waals surface area (Å²) in [6.07, 6.45) is 4.28. The van der Waals surface area contributed by atoms with Crippen molar-refractivity contribution in [3.8, 4) is 0 Å². The number of pyridine rings is 1. The van der Waals surface area contributed by atoms with Crippen molar-refractivity contribution in [1.82, 2.24) is 10.3 Å². The average Bonchev–Trinajstić information content (AvgIpc) is 2.40. The molecule has 1 aromatic rings. The molecule has 0 bridgehead atoms. The van der Waals surface area contributed by atoms with Crippen LogP contribution in [0.5, 0.6) is 0 Å². The zero-order valence-corrected chi connectivity index (χ0v) is 12.5. The second-order valence-corrected chi connectivity index (χ2v) is 5.23. The maximum absolute atomic E-state index is 13.2. The third-order valence-corrected chi connectivity index (χ3v) is 2.94. The van der Waals surface area contributed by atoms with Gasteiger partial charge in [0.1, 0.15) is 11.6 Å². The summed E-state index contributed by atoms with van der Waals surface area (Å²) >= 11 is 0. The molecule has 112 valence electrons. The molecule has 4 nitrogen and oxygen atoms in total. The number of halogens is 1. The summed E-state index contributed by atoms with van der Waals surface area (Å²) in [5, 5.41) is 5.78. The Hall–Kier alpha value is -1.65. The van der Waals surface area contributed by atoms with Crippen LogP contribution in [0.25, 0.3) is 0 Å². The fourth-order valence-electron chi connectivity index (χ4n) is 1.90. The second kappa shape index (κ2) is 8.51. The monoisotopic (exact) mass is 281 g/mol. The van der Waals surface area contributed by atoms with Crippen molar-refractivity contribution >= 4 is 11.7 Å². The molecule has 1 aromatic heterocycles. The van der Waals surface area contributed by atoms with E-state index in [1.165, 1.54) is 6.07 Å². The first-order chi connectivity index (χ1) is 9.54. The van der Waals surface area contributed by atoms with Crippen LogP contribution in [-0.4, -0.2) is 24.0 Å². The first-order valence-electron chi connectivity index (χ1n) is 7.22. The van der Waals surface area contributed by atoms with E-state index in [2.05, 4.69) is 29.5 Å². The molecule has 0 radical (unpaired) electrons. The van der Waals surface area contributed by atoms with E-state index in [-0.39, 0.29) is 11.5 Å². The standard InChI is InChI=1S/C15H24FN3O/c1-4-17-14-13(9-12(16)10-19-14)15(20)18-8-6-5-7-11(2)3/h9-11H,4-8H2,1-3H3,(H,17,19)(H,18,20). The first-order valence-corrected chi connectivity index (χ1v) is 7.22. The molecule has 0 saturated heterocycles. The number of carbonyl (C=O) groups is 1. The Morgan fingerprint density at radius 3 is 2.80 bits per heavy atom. The van der Waals surface area contributed by atoms with Crippen molar-refractivity contribution in [1.29, 1.82) is 0 Å². The molecule has 1 heterocycles. The summed E-state index contributed by atoms with van der Waals surface area (Å²) in [6, 6.07) is 1.22. The van der Waals surface area contributed by atoms with E-state index in [1.807, 2.05) is 6.92 Å². The Kier molecular flexibility index (Phi) is 6.98. The van der Waals surface area contributed by atoms with Crippen molar-refractivity contribution in [3.05, 3.63) is 23.6 Å². The Labute approximate surface area is 120 Å². The Morgan fingerprint density at radius 1 is 1.40 bits per heavy atom. The number of hydrogen-bond donors (Lipinski definition) is 2. The third kappa shape index (κ3) is 5.55. The lowest BCUT2D eigenvalue weighted by Crippen LogP contribution is -2.26. The molecule has 5 heteroatoms. The number of nitrogens with zero attached hydrogens (tertiary/aromatic N) is 1. The fourth-order valence-corrected chi connectivity index (χ4v) is 1.90. The molecular formula is C15H24FN3O. The molecule has 0 aliphatic rings. The van der Waals surface area contributed by atoms with Gasteiger partial charge in [-0.1, -0.05) is 26.7 Å². The summed E-state index contributed by atoms with van der Waals surface area (Å²) in [6.45, 7) is 7.50. The van der Waals surface area contributed by atoms with E-state index in [9.17, 15) is 9.18 Å². The van der Waals surface area contributed by atoms with Crippen molar-refractivity contribution in [2.75, 3.05) is 18.4 Å². The SMILES string of the molecule is CCNc1ncc(F)cc1C(=O)NCCCCC(C)C. The minimum atomic E-state index is -0.503. The van der Waals surface area contributed by atoms with Crippen LogP contribution in [0.2, 0.25) is 0 Å². The molecule has 0 unspecified atom stereocenters. The Bertz CT molecular complexity index is 435. The molecule has 1 amide bonds. The van der Waals surface area contributed by atoms with Gasteiger partial charge < -0.3 is 10.6 Å². The van der Waals surface area contributed by atoms with E-state index >= 15 is 0 Å². The van der Waals surface area contributed by atoms with Crippen LogP contribution in [0.1, 0.15) is 50.4 Å². The smallest absolute Gasteiger partial charge is 0.255 e. The topological polar surface area (TPSA) is 54.0 Å². The number of anilines is 1. The molecule has 0 saturated carbocycles. The zero-order chi connectivity index (χ0) is 15.0. The number of carbonyl (C=O) groups excluding carboxylic acids is 1. The van der Waals surface area contributed by atoms with Crippen LogP contribution < -0.4 is 10.6 Å². The van der Waals surface area contributed by atoms with Gasteiger partial charge in [-0.25, -0.2) is 9.37 Å². The molecule has 20 heavy (non-hydrogen) atoms. The highest BCUT2D eigenvalue weighted by molar-refractivity contribution is 5.98. The minimum absolute atomic E-state index is 0.260. The third-order valence-electron chi connectivity index (χ3n) is 2.94.